The Morgan fingerprint density at radius 1 is 1.39 bits per heavy atom. The smallest absolute Gasteiger partial charge is 0.358 e. The Bertz CT molecular complexity index is 859. The predicted octanol–water partition coefficient (Wildman–Crippen LogP) is 2.11. The Balaban J connectivity index is 1.57. The van der Waals surface area contributed by atoms with E-state index < -0.39 is 0 Å². The molecule has 4 rings (SSSR count). The molecule has 0 saturated carbocycles. The molecule has 0 radical (unpaired) electrons. The molecule has 1 saturated heterocycles. The number of aryl methyl sites for hydroxylation is 1. The summed E-state index contributed by atoms with van der Waals surface area (Å²) in [6.07, 6.45) is 3.41. The molecule has 1 aliphatic rings. The second-order valence-corrected chi connectivity index (χ2v) is 6.49. The van der Waals surface area contributed by atoms with E-state index in [0.717, 1.165) is 24.5 Å². The van der Waals surface area contributed by atoms with Crippen molar-refractivity contribution in [1.82, 2.24) is 24.6 Å². The van der Waals surface area contributed by atoms with E-state index in [0.29, 0.717) is 29.8 Å². The quantitative estimate of drug-likeness (QED) is 0.581. The highest BCUT2D eigenvalue weighted by molar-refractivity contribution is 7.15. The number of thiazole rings is 1. The van der Waals surface area contributed by atoms with E-state index in [2.05, 4.69) is 20.2 Å². The van der Waals surface area contributed by atoms with E-state index >= 15 is 0 Å². The minimum atomic E-state index is -0.354. The molecule has 3 aromatic heterocycles. The first-order valence-corrected chi connectivity index (χ1v) is 8.25. The maximum Gasteiger partial charge on any atom is 0.373 e. The van der Waals surface area contributed by atoms with Crippen LogP contribution in [0.4, 0.5) is 11.6 Å². The summed E-state index contributed by atoms with van der Waals surface area (Å²) in [6, 6.07) is 0. The Morgan fingerprint density at radius 3 is 2.83 bits per heavy atom. The molecule has 0 unspecified atom stereocenters. The highest BCUT2D eigenvalue weighted by Crippen LogP contribution is 2.35. The van der Waals surface area contributed by atoms with Crippen LogP contribution >= 0.6 is 11.3 Å². The average Bonchev–Trinajstić information content (AvgIpc) is 3.21. The van der Waals surface area contributed by atoms with Crippen LogP contribution in [0.2, 0.25) is 0 Å². The van der Waals surface area contributed by atoms with Crippen LogP contribution in [0.5, 0.6) is 0 Å². The number of hydrogen-bond donors (Lipinski definition) is 1. The second-order valence-electron chi connectivity index (χ2n) is 5.61. The Kier molecular flexibility index (Phi) is 3.26. The molecule has 0 aromatic carbocycles. The monoisotopic (exact) mass is 333 g/mol. The fraction of sp³-hybridized carbons (Fsp3) is 0.462. The van der Waals surface area contributed by atoms with Crippen molar-refractivity contribution < 1.29 is 4.92 Å². The molecule has 3 aromatic rings. The topological polar surface area (TPSA) is 105 Å². The summed E-state index contributed by atoms with van der Waals surface area (Å²) in [5.74, 6) is 2.45. The molecule has 10 heteroatoms. The van der Waals surface area contributed by atoms with E-state index in [1.54, 1.807) is 16.0 Å². The number of H-pyrrole nitrogens is 1. The van der Waals surface area contributed by atoms with Gasteiger partial charge in [-0.25, -0.2) is 4.98 Å². The van der Waals surface area contributed by atoms with Crippen LogP contribution in [0.1, 0.15) is 30.4 Å². The molecule has 0 amide bonds. The van der Waals surface area contributed by atoms with Crippen molar-refractivity contribution in [2.45, 2.75) is 25.7 Å². The van der Waals surface area contributed by atoms with Crippen molar-refractivity contribution in [1.29, 1.82) is 0 Å². The van der Waals surface area contributed by atoms with Gasteiger partial charge in [-0.05, 0) is 24.7 Å². The van der Waals surface area contributed by atoms with Crippen molar-refractivity contribution in [2.24, 2.45) is 0 Å². The molecule has 0 bridgehead atoms. The Labute approximate surface area is 135 Å². The molecule has 0 atom stereocenters. The number of piperidine rings is 1. The molecule has 4 heterocycles. The van der Waals surface area contributed by atoms with Crippen molar-refractivity contribution in [3.05, 3.63) is 33.3 Å². The van der Waals surface area contributed by atoms with Crippen LogP contribution in [0, 0.1) is 17.0 Å². The van der Waals surface area contributed by atoms with Gasteiger partial charge < -0.3 is 15.0 Å². The molecule has 1 N–H and O–H groups in total. The van der Waals surface area contributed by atoms with E-state index in [1.807, 2.05) is 11.8 Å². The molecule has 0 spiro atoms. The summed E-state index contributed by atoms with van der Waals surface area (Å²) in [6.45, 7) is 3.31. The third-order valence-corrected chi connectivity index (χ3v) is 4.92. The summed E-state index contributed by atoms with van der Waals surface area (Å²) < 4.78 is 1.55. The summed E-state index contributed by atoms with van der Waals surface area (Å²) in [5, 5.41) is 20.3. The first kappa shape index (κ1) is 14.1. The van der Waals surface area contributed by atoms with Gasteiger partial charge in [-0.3, -0.25) is 5.10 Å². The molecule has 23 heavy (non-hydrogen) atoms. The normalized spacial score (nSPS) is 16.3. The van der Waals surface area contributed by atoms with Crippen LogP contribution in [0.25, 0.3) is 4.96 Å². The van der Waals surface area contributed by atoms with Gasteiger partial charge in [0.2, 0.25) is 5.82 Å². The van der Waals surface area contributed by atoms with Gasteiger partial charge in [0.05, 0.1) is 0 Å². The largest absolute Gasteiger partial charge is 0.373 e. The number of nitrogens with one attached hydrogen (secondary N) is 1. The number of nitrogens with zero attached hydrogens (tertiary/aromatic N) is 6. The van der Waals surface area contributed by atoms with Gasteiger partial charge in [-0.1, -0.05) is 11.3 Å². The van der Waals surface area contributed by atoms with Crippen LogP contribution in [0.3, 0.4) is 0 Å². The zero-order valence-corrected chi connectivity index (χ0v) is 13.3. The van der Waals surface area contributed by atoms with Gasteiger partial charge >= 0.3 is 5.82 Å². The lowest BCUT2D eigenvalue weighted by Gasteiger charge is -2.30. The molecule has 0 aliphatic carbocycles. The minimum absolute atomic E-state index is 0.0495. The summed E-state index contributed by atoms with van der Waals surface area (Å²) in [5.41, 5.74) is 0. The van der Waals surface area contributed by atoms with Crippen molar-refractivity contribution in [3.8, 4) is 0 Å². The Hall–Kier alpha value is -2.49. The fourth-order valence-corrected chi connectivity index (χ4v) is 3.74. The molecule has 9 nitrogen and oxygen atoms in total. The van der Waals surface area contributed by atoms with Crippen LogP contribution in [0.15, 0.2) is 11.6 Å². The maximum absolute atomic E-state index is 11.4. The highest BCUT2D eigenvalue weighted by Gasteiger charge is 2.31. The van der Waals surface area contributed by atoms with E-state index in [9.17, 15) is 10.1 Å². The average molecular weight is 333 g/mol. The van der Waals surface area contributed by atoms with Gasteiger partial charge in [0, 0.05) is 24.4 Å². The number of fused-ring (bicyclic) bond motifs is 1. The van der Waals surface area contributed by atoms with E-state index in [4.69, 9.17) is 0 Å². The number of imidazole rings is 1. The number of hydrogen-bond acceptors (Lipinski definition) is 7. The summed E-state index contributed by atoms with van der Waals surface area (Å²) in [7, 11) is 0. The van der Waals surface area contributed by atoms with Gasteiger partial charge in [0.15, 0.2) is 5.82 Å². The first-order valence-electron chi connectivity index (χ1n) is 7.37. The van der Waals surface area contributed by atoms with Crippen LogP contribution < -0.4 is 4.90 Å². The molecule has 1 aliphatic heterocycles. The highest BCUT2D eigenvalue weighted by atomic mass is 32.1. The fourth-order valence-electron chi connectivity index (χ4n) is 3.04. The molecular formula is C13H15N7O2S. The molecular weight excluding hydrogens is 318 g/mol. The van der Waals surface area contributed by atoms with Crippen LogP contribution in [-0.2, 0) is 0 Å². The lowest BCUT2D eigenvalue weighted by molar-refractivity contribution is -0.389. The second kappa shape index (κ2) is 5.30. The third-order valence-electron chi connectivity index (χ3n) is 4.17. The number of aromatic amines is 1. The Morgan fingerprint density at radius 2 is 2.17 bits per heavy atom. The van der Waals surface area contributed by atoms with E-state index in [-0.39, 0.29) is 10.7 Å². The standard InChI is InChI=1S/C13H15N7O2S/c1-8-14-10(17-16-8)9-2-4-18(5-3-9)11-12(20(21)22)19-6-7-23-13(19)15-11/h6-7,9H,2-5H2,1H3,(H,14,16,17). The SMILES string of the molecule is Cc1nc(C2CCN(c3nc4sccn4c3[N+](=O)[O-])CC2)n[nH]1. The van der Waals surface area contributed by atoms with Crippen molar-refractivity contribution in [3.63, 3.8) is 0 Å². The maximum atomic E-state index is 11.4. The third kappa shape index (κ3) is 2.34. The minimum Gasteiger partial charge on any atom is -0.358 e. The number of nitro groups is 1. The van der Waals surface area contributed by atoms with Gasteiger partial charge in [-0.2, -0.15) is 14.5 Å². The molecule has 120 valence electrons. The number of rotatable bonds is 3. The van der Waals surface area contributed by atoms with Crippen molar-refractivity contribution >= 4 is 27.9 Å². The van der Waals surface area contributed by atoms with Gasteiger partial charge in [0.1, 0.15) is 12.0 Å². The van der Waals surface area contributed by atoms with Crippen LogP contribution in [-0.4, -0.2) is 42.6 Å². The van der Waals surface area contributed by atoms with Gasteiger partial charge in [0.25, 0.3) is 4.96 Å². The van der Waals surface area contributed by atoms with Crippen molar-refractivity contribution in [2.75, 3.05) is 18.0 Å². The number of anilines is 1. The van der Waals surface area contributed by atoms with E-state index in [1.165, 1.54) is 11.3 Å². The predicted molar refractivity (Wildman–Crippen MR) is 85.0 cm³/mol. The molecule has 1 fully saturated rings. The zero-order valence-electron chi connectivity index (χ0n) is 12.5. The zero-order chi connectivity index (χ0) is 16.0. The number of aromatic nitrogens is 5. The summed E-state index contributed by atoms with van der Waals surface area (Å²) >= 11 is 1.40. The lowest BCUT2D eigenvalue weighted by Crippen LogP contribution is -2.33. The lowest BCUT2D eigenvalue weighted by atomic mass is 9.96. The van der Waals surface area contributed by atoms with Gasteiger partial charge in [-0.15, -0.1) is 0 Å². The first-order chi connectivity index (χ1) is 11.1. The summed E-state index contributed by atoms with van der Waals surface area (Å²) in [4.78, 5) is 22.6.